The number of hydrogen-bond donors (Lipinski definition) is 1. The molecule has 0 spiro atoms. The van der Waals surface area contributed by atoms with Crippen molar-refractivity contribution in [3.63, 3.8) is 0 Å². The molecule has 5 nitrogen and oxygen atoms in total. The van der Waals surface area contributed by atoms with Gasteiger partial charge in [-0.15, -0.1) is 0 Å². The van der Waals surface area contributed by atoms with E-state index in [2.05, 4.69) is 11.4 Å². The van der Waals surface area contributed by atoms with E-state index in [9.17, 15) is 13.2 Å². The monoisotopic (exact) mass is 440 g/mol. The van der Waals surface area contributed by atoms with Crippen molar-refractivity contribution in [1.29, 1.82) is 0 Å². The average Bonchev–Trinajstić information content (AvgIpc) is 2.76. The molecule has 0 bridgehead atoms. The number of nitrogens with one attached hydrogen (secondary N) is 1. The van der Waals surface area contributed by atoms with Crippen molar-refractivity contribution in [3.05, 3.63) is 76.9 Å². The van der Waals surface area contributed by atoms with Crippen LogP contribution in [0.15, 0.2) is 65.1 Å². The molecule has 166 valence electrons. The molecule has 0 saturated carbocycles. The van der Waals surface area contributed by atoms with Crippen LogP contribution in [0.2, 0.25) is 0 Å². The Morgan fingerprint density at radius 3 is 2.23 bits per heavy atom. The molecule has 1 aliphatic carbocycles. The molecule has 0 heterocycles. The van der Waals surface area contributed by atoms with Crippen LogP contribution in [0.25, 0.3) is 0 Å². The predicted octanol–water partition coefficient (Wildman–Crippen LogP) is 4.50. The van der Waals surface area contributed by atoms with E-state index in [-0.39, 0.29) is 23.9 Å². The molecule has 6 heteroatoms. The first-order valence-electron chi connectivity index (χ1n) is 10.9. The van der Waals surface area contributed by atoms with Gasteiger partial charge < -0.3 is 5.32 Å². The first-order chi connectivity index (χ1) is 14.8. The Morgan fingerprint density at radius 2 is 1.61 bits per heavy atom. The zero-order valence-corrected chi connectivity index (χ0v) is 19.2. The lowest BCUT2D eigenvalue weighted by atomic mass is 9.97. The van der Waals surface area contributed by atoms with Crippen LogP contribution < -0.4 is 5.32 Å². The predicted molar refractivity (Wildman–Crippen MR) is 124 cm³/mol. The van der Waals surface area contributed by atoms with E-state index in [1.807, 2.05) is 38.1 Å². The molecule has 0 radical (unpaired) electrons. The summed E-state index contributed by atoms with van der Waals surface area (Å²) in [6.45, 7) is 4.38. The van der Waals surface area contributed by atoms with E-state index in [0.29, 0.717) is 6.54 Å². The quantitative estimate of drug-likeness (QED) is 0.584. The third-order valence-electron chi connectivity index (χ3n) is 5.61. The summed E-state index contributed by atoms with van der Waals surface area (Å²) in [7, 11) is -3.81. The summed E-state index contributed by atoms with van der Waals surface area (Å²) in [5, 5.41) is 2.90. The van der Waals surface area contributed by atoms with Crippen LogP contribution in [0.5, 0.6) is 0 Å². The Morgan fingerprint density at radius 1 is 0.968 bits per heavy atom. The van der Waals surface area contributed by atoms with Gasteiger partial charge in [-0.05, 0) is 63.6 Å². The van der Waals surface area contributed by atoms with Crippen LogP contribution in [-0.4, -0.2) is 31.7 Å². The summed E-state index contributed by atoms with van der Waals surface area (Å²) in [4.78, 5) is 12.8. The lowest BCUT2D eigenvalue weighted by molar-refractivity contribution is -0.121. The number of hydrogen-bond acceptors (Lipinski definition) is 3. The molecule has 1 aliphatic rings. The maximum absolute atomic E-state index is 13.3. The molecule has 31 heavy (non-hydrogen) atoms. The first-order valence-corrected chi connectivity index (χ1v) is 12.4. The van der Waals surface area contributed by atoms with Crippen LogP contribution in [0.1, 0.15) is 48.8 Å². The van der Waals surface area contributed by atoms with Gasteiger partial charge in [-0.2, -0.15) is 4.31 Å². The highest BCUT2D eigenvalue weighted by atomic mass is 32.2. The minimum Gasteiger partial charge on any atom is -0.355 e. The van der Waals surface area contributed by atoms with Crippen molar-refractivity contribution in [3.8, 4) is 0 Å². The van der Waals surface area contributed by atoms with Gasteiger partial charge in [0.25, 0.3) is 0 Å². The van der Waals surface area contributed by atoms with Gasteiger partial charge in [-0.3, -0.25) is 4.79 Å². The molecule has 2 aromatic rings. The van der Waals surface area contributed by atoms with Gasteiger partial charge in [0, 0.05) is 13.1 Å². The van der Waals surface area contributed by atoms with E-state index in [1.54, 1.807) is 24.3 Å². The van der Waals surface area contributed by atoms with Gasteiger partial charge in [0.15, 0.2) is 0 Å². The van der Waals surface area contributed by atoms with Gasteiger partial charge in [-0.1, -0.05) is 59.2 Å². The molecule has 0 saturated heterocycles. The van der Waals surface area contributed by atoms with E-state index < -0.39 is 10.0 Å². The largest absolute Gasteiger partial charge is 0.355 e. The smallest absolute Gasteiger partial charge is 0.243 e. The number of amides is 1. The summed E-state index contributed by atoms with van der Waals surface area (Å²) >= 11 is 0. The molecule has 0 fully saturated rings. The van der Waals surface area contributed by atoms with E-state index in [1.165, 1.54) is 22.7 Å². The number of benzene rings is 2. The lowest BCUT2D eigenvalue weighted by Gasteiger charge is -2.22. The zero-order chi connectivity index (χ0) is 22.3. The normalized spacial score (nSPS) is 14.4. The van der Waals surface area contributed by atoms with Gasteiger partial charge in [-0.25, -0.2) is 8.42 Å². The van der Waals surface area contributed by atoms with Gasteiger partial charge in [0.1, 0.15) is 0 Å². The topological polar surface area (TPSA) is 66.5 Å². The van der Waals surface area contributed by atoms with Crippen molar-refractivity contribution in [2.24, 2.45) is 0 Å². The van der Waals surface area contributed by atoms with Crippen molar-refractivity contribution in [2.45, 2.75) is 57.4 Å². The molecule has 0 atom stereocenters. The van der Waals surface area contributed by atoms with Crippen molar-refractivity contribution in [1.82, 2.24) is 9.62 Å². The highest BCUT2D eigenvalue weighted by Gasteiger charge is 2.27. The highest BCUT2D eigenvalue weighted by Crippen LogP contribution is 2.20. The van der Waals surface area contributed by atoms with Gasteiger partial charge in [0.05, 0.1) is 11.4 Å². The molecule has 2 aromatic carbocycles. The van der Waals surface area contributed by atoms with Crippen molar-refractivity contribution < 1.29 is 13.2 Å². The summed E-state index contributed by atoms with van der Waals surface area (Å²) in [5.41, 5.74) is 4.32. The number of allylic oxidation sites excluding steroid dienone is 1. The number of nitrogens with zero attached hydrogens (tertiary/aromatic N) is 1. The maximum atomic E-state index is 13.3. The Kier molecular flexibility index (Phi) is 8.04. The van der Waals surface area contributed by atoms with Crippen LogP contribution in [0, 0.1) is 13.8 Å². The van der Waals surface area contributed by atoms with Crippen LogP contribution in [-0.2, 0) is 21.4 Å². The molecule has 1 amide bonds. The second-order valence-electron chi connectivity index (χ2n) is 8.28. The fourth-order valence-electron chi connectivity index (χ4n) is 3.69. The zero-order valence-electron chi connectivity index (χ0n) is 18.4. The molecule has 0 aromatic heterocycles. The van der Waals surface area contributed by atoms with Crippen molar-refractivity contribution in [2.75, 3.05) is 13.1 Å². The summed E-state index contributed by atoms with van der Waals surface area (Å²) in [5.74, 6) is -0.279. The van der Waals surface area contributed by atoms with E-state index in [0.717, 1.165) is 36.0 Å². The fourth-order valence-corrected chi connectivity index (χ4v) is 5.08. The first kappa shape index (κ1) is 23.2. The Bertz CT molecular complexity index is 1010. The van der Waals surface area contributed by atoms with Crippen LogP contribution in [0.4, 0.5) is 0 Å². The summed E-state index contributed by atoms with van der Waals surface area (Å²) < 4.78 is 27.9. The molecular weight excluding hydrogens is 408 g/mol. The standard InChI is InChI=1S/C25H32N2O3S/c1-20-8-12-23(13-9-20)18-27(31(29,30)24-14-10-21(2)11-15-24)19-25(28)26-17-16-22-6-4-3-5-7-22/h6,8-15H,3-5,7,16-19H2,1-2H3,(H,26,28). The average molecular weight is 441 g/mol. The highest BCUT2D eigenvalue weighted by molar-refractivity contribution is 7.89. The lowest BCUT2D eigenvalue weighted by Crippen LogP contribution is -2.40. The van der Waals surface area contributed by atoms with Crippen LogP contribution in [0.3, 0.4) is 0 Å². The molecule has 1 N–H and O–H groups in total. The van der Waals surface area contributed by atoms with Crippen LogP contribution >= 0.6 is 0 Å². The summed E-state index contributed by atoms with van der Waals surface area (Å²) in [6.07, 6.45) is 7.74. The number of carbonyl (C=O) groups excluding carboxylic acids is 1. The number of carbonyl (C=O) groups is 1. The van der Waals surface area contributed by atoms with Gasteiger partial charge >= 0.3 is 0 Å². The second kappa shape index (κ2) is 10.7. The molecule has 0 unspecified atom stereocenters. The third-order valence-corrected chi connectivity index (χ3v) is 7.42. The Balaban J connectivity index is 1.71. The number of rotatable bonds is 9. The molecule has 3 rings (SSSR count). The van der Waals surface area contributed by atoms with Gasteiger partial charge in [0.2, 0.25) is 15.9 Å². The minimum atomic E-state index is -3.81. The second-order valence-corrected chi connectivity index (χ2v) is 10.2. The SMILES string of the molecule is Cc1ccc(CN(CC(=O)NCCC2=CCCCC2)S(=O)(=O)c2ccc(C)cc2)cc1. The number of aryl methyl sites for hydroxylation is 2. The van der Waals surface area contributed by atoms with Crippen molar-refractivity contribution >= 4 is 15.9 Å². The summed E-state index contributed by atoms with van der Waals surface area (Å²) in [6, 6.07) is 14.4. The molecular formula is C25H32N2O3S. The van der Waals surface area contributed by atoms with E-state index in [4.69, 9.17) is 0 Å². The van der Waals surface area contributed by atoms with E-state index >= 15 is 0 Å². The molecule has 0 aliphatic heterocycles. The maximum Gasteiger partial charge on any atom is 0.243 e. The number of sulfonamides is 1. The Labute approximate surface area is 186 Å². The third kappa shape index (κ3) is 6.77. The minimum absolute atomic E-state index is 0.148. The fraction of sp³-hybridized carbons (Fsp3) is 0.400. The Hall–Kier alpha value is -2.44.